The second-order valence-corrected chi connectivity index (χ2v) is 7.31. The highest BCUT2D eigenvalue weighted by molar-refractivity contribution is 7.18. The molecule has 0 amide bonds. The van der Waals surface area contributed by atoms with E-state index in [-0.39, 0.29) is 0 Å². The van der Waals surface area contributed by atoms with Crippen molar-refractivity contribution in [2.24, 2.45) is 5.73 Å². The molecule has 0 spiro atoms. The van der Waals surface area contributed by atoms with Crippen LogP contribution < -0.4 is 5.73 Å². The van der Waals surface area contributed by atoms with Crippen LogP contribution in [0.1, 0.15) is 30.8 Å². The molecule has 0 aliphatic heterocycles. The van der Waals surface area contributed by atoms with Crippen molar-refractivity contribution in [2.45, 2.75) is 31.7 Å². The van der Waals surface area contributed by atoms with Gasteiger partial charge in [0.2, 0.25) is 0 Å². The summed E-state index contributed by atoms with van der Waals surface area (Å²) in [6.07, 6.45) is 2.92. The third kappa shape index (κ3) is 2.56. The Kier molecular flexibility index (Phi) is 3.48. The summed E-state index contributed by atoms with van der Waals surface area (Å²) in [6.45, 7) is 1.94. The van der Waals surface area contributed by atoms with Gasteiger partial charge in [0.25, 0.3) is 5.89 Å². The maximum absolute atomic E-state index is 6.25. The summed E-state index contributed by atoms with van der Waals surface area (Å²) in [5.41, 5.74) is 7.67. The zero-order valence-corrected chi connectivity index (χ0v) is 14.1. The normalized spacial score (nSPS) is 16.3. The fourth-order valence-corrected chi connectivity index (χ4v) is 3.81. The number of thiazole rings is 1. The van der Waals surface area contributed by atoms with E-state index >= 15 is 0 Å². The van der Waals surface area contributed by atoms with Crippen molar-refractivity contribution < 1.29 is 4.52 Å². The van der Waals surface area contributed by atoms with E-state index < -0.39 is 5.54 Å². The van der Waals surface area contributed by atoms with Crippen LogP contribution in [0.15, 0.2) is 28.8 Å². The first-order valence-corrected chi connectivity index (χ1v) is 8.61. The van der Waals surface area contributed by atoms with Crippen LogP contribution in [0.4, 0.5) is 0 Å². The molecule has 1 fully saturated rings. The summed E-state index contributed by atoms with van der Waals surface area (Å²) in [6, 6.07) is 7.63. The molecular formula is C16H15ClN4OS. The van der Waals surface area contributed by atoms with E-state index in [9.17, 15) is 0 Å². The summed E-state index contributed by atoms with van der Waals surface area (Å²) in [4.78, 5) is 9.98. The topological polar surface area (TPSA) is 77.8 Å². The molecular weight excluding hydrogens is 332 g/mol. The number of nitrogens with two attached hydrogens (primary N) is 1. The third-order valence-corrected chi connectivity index (χ3v) is 5.61. The lowest BCUT2D eigenvalue weighted by Crippen LogP contribution is -2.44. The van der Waals surface area contributed by atoms with Gasteiger partial charge in [-0.2, -0.15) is 4.98 Å². The molecule has 2 aromatic heterocycles. The van der Waals surface area contributed by atoms with Gasteiger partial charge in [-0.05, 0) is 38.3 Å². The number of rotatable bonds is 3. The van der Waals surface area contributed by atoms with Gasteiger partial charge in [0.1, 0.15) is 9.88 Å². The van der Waals surface area contributed by atoms with E-state index in [0.29, 0.717) is 16.7 Å². The molecule has 0 bridgehead atoms. The Morgan fingerprint density at radius 3 is 2.83 bits per heavy atom. The number of aryl methyl sites for hydroxylation is 1. The summed E-state index contributed by atoms with van der Waals surface area (Å²) in [5, 5.41) is 5.64. The van der Waals surface area contributed by atoms with Crippen LogP contribution in [0, 0.1) is 6.92 Å². The molecule has 3 aromatic rings. The number of hydrogen-bond donors (Lipinski definition) is 1. The van der Waals surface area contributed by atoms with Gasteiger partial charge in [0, 0.05) is 10.6 Å². The fourth-order valence-electron chi connectivity index (χ4n) is 2.64. The van der Waals surface area contributed by atoms with Crippen LogP contribution in [0.25, 0.3) is 21.3 Å². The Labute approximate surface area is 142 Å². The SMILES string of the molecule is Cc1nc(-c2cccc(Cl)c2)sc1-c1nc(C2(N)CCC2)no1. The van der Waals surface area contributed by atoms with Crippen LogP contribution in [-0.4, -0.2) is 15.1 Å². The number of benzene rings is 1. The average Bonchev–Trinajstić information content (AvgIpc) is 3.11. The predicted molar refractivity (Wildman–Crippen MR) is 90.3 cm³/mol. The van der Waals surface area contributed by atoms with Gasteiger partial charge >= 0.3 is 0 Å². The summed E-state index contributed by atoms with van der Waals surface area (Å²) in [7, 11) is 0. The zero-order valence-electron chi connectivity index (χ0n) is 12.5. The molecule has 1 aliphatic rings. The average molecular weight is 347 g/mol. The fraction of sp³-hybridized carbons (Fsp3) is 0.312. The Morgan fingerprint density at radius 2 is 2.13 bits per heavy atom. The van der Waals surface area contributed by atoms with Crippen LogP contribution in [0.3, 0.4) is 0 Å². The highest BCUT2D eigenvalue weighted by Crippen LogP contribution is 2.39. The number of halogens is 1. The molecule has 0 radical (unpaired) electrons. The molecule has 0 atom stereocenters. The van der Waals surface area contributed by atoms with Crippen molar-refractivity contribution in [1.29, 1.82) is 0 Å². The van der Waals surface area contributed by atoms with Crippen molar-refractivity contribution in [3.63, 3.8) is 0 Å². The molecule has 4 rings (SSSR count). The van der Waals surface area contributed by atoms with Crippen molar-refractivity contribution in [1.82, 2.24) is 15.1 Å². The van der Waals surface area contributed by atoms with E-state index in [1.54, 1.807) is 0 Å². The van der Waals surface area contributed by atoms with Crippen molar-refractivity contribution in [2.75, 3.05) is 0 Å². The van der Waals surface area contributed by atoms with E-state index in [1.165, 1.54) is 11.3 Å². The molecule has 23 heavy (non-hydrogen) atoms. The lowest BCUT2D eigenvalue weighted by atomic mass is 9.77. The Hall–Kier alpha value is -1.76. The monoisotopic (exact) mass is 346 g/mol. The highest BCUT2D eigenvalue weighted by atomic mass is 35.5. The minimum Gasteiger partial charge on any atom is -0.333 e. The second kappa shape index (κ2) is 5.40. The van der Waals surface area contributed by atoms with Crippen molar-refractivity contribution >= 4 is 22.9 Å². The van der Waals surface area contributed by atoms with Gasteiger partial charge in [-0.3, -0.25) is 0 Å². The van der Waals surface area contributed by atoms with E-state index in [2.05, 4.69) is 15.1 Å². The summed E-state index contributed by atoms with van der Waals surface area (Å²) in [5.74, 6) is 1.08. The molecule has 2 N–H and O–H groups in total. The quantitative estimate of drug-likeness (QED) is 0.770. The molecule has 5 nitrogen and oxygen atoms in total. The molecule has 2 heterocycles. The van der Waals surface area contributed by atoms with Crippen LogP contribution in [0.5, 0.6) is 0 Å². The van der Waals surface area contributed by atoms with Gasteiger partial charge in [-0.1, -0.05) is 28.9 Å². The molecule has 7 heteroatoms. The Morgan fingerprint density at radius 1 is 1.30 bits per heavy atom. The first-order chi connectivity index (χ1) is 11.0. The van der Waals surface area contributed by atoms with Crippen molar-refractivity contribution in [3.05, 3.63) is 40.8 Å². The van der Waals surface area contributed by atoms with E-state index in [4.69, 9.17) is 21.9 Å². The predicted octanol–water partition coefficient (Wildman–Crippen LogP) is 4.16. The van der Waals surface area contributed by atoms with Gasteiger partial charge in [0.15, 0.2) is 5.82 Å². The van der Waals surface area contributed by atoms with Gasteiger partial charge in [0.05, 0.1) is 11.2 Å². The molecule has 118 valence electrons. The summed E-state index contributed by atoms with van der Waals surface area (Å²) >= 11 is 7.57. The van der Waals surface area contributed by atoms with Crippen molar-refractivity contribution in [3.8, 4) is 21.3 Å². The van der Waals surface area contributed by atoms with Gasteiger partial charge in [-0.15, -0.1) is 11.3 Å². The Bertz CT molecular complexity index is 869. The maximum Gasteiger partial charge on any atom is 0.270 e. The highest BCUT2D eigenvalue weighted by Gasteiger charge is 2.39. The molecule has 1 aromatic carbocycles. The minimum atomic E-state index is -0.421. The first kappa shape index (κ1) is 14.8. The van der Waals surface area contributed by atoms with Crippen LogP contribution in [0.2, 0.25) is 5.02 Å². The molecule has 1 saturated carbocycles. The lowest BCUT2D eigenvalue weighted by molar-refractivity contribution is 0.229. The number of nitrogens with zero attached hydrogens (tertiary/aromatic N) is 3. The Balaban J connectivity index is 1.70. The minimum absolute atomic E-state index is 0.421. The maximum atomic E-state index is 6.25. The smallest absolute Gasteiger partial charge is 0.270 e. The third-order valence-electron chi connectivity index (χ3n) is 4.18. The van der Waals surface area contributed by atoms with Gasteiger partial charge in [-0.25, -0.2) is 4.98 Å². The molecule has 0 saturated heterocycles. The van der Waals surface area contributed by atoms with Crippen LogP contribution in [-0.2, 0) is 5.54 Å². The second-order valence-electron chi connectivity index (χ2n) is 5.88. The summed E-state index contributed by atoms with van der Waals surface area (Å²) < 4.78 is 5.43. The number of hydrogen-bond acceptors (Lipinski definition) is 6. The van der Waals surface area contributed by atoms with E-state index in [0.717, 1.165) is 40.4 Å². The van der Waals surface area contributed by atoms with E-state index in [1.807, 2.05) is 31.2 Å². The zero-order chi connectivity index (χ0) is 16.0. The lowest BCUT2D eigenvalue weighted by Gasteiger charge is -2.34. The standard InChI is InChI=1S/C16H15ClN4OS/c1-9-12(13-20-15(21-22-13)16(18)6-3-7-16)23-14(19-9)10-4-2-5-11(17)8-10/h2,4-5,8H,3,6-7,18H2,1H3. The van der Waals surface area contributed by atoms with Gasteiger partial charge < -0.3 is 10.3 Å². The number of aromatic nitrogens is 3. The molecule has 0 unspecified atom stereocenters. The van der Waals surface area contributed by atoms with Crippen LogP contribution >= 0.6 is 22.9 Å². The largest absolute Gasteiger partial charge is 0.333 e. The molecule has 1 aliphatic carbocycles. The first-order valence-electron chi connectivity index (χ1n) is 7.42.